The van der Waals surface area contributed by atoms with E-state index < -0.39 is 72.6 Å². The molecule has 17 nitrogen and oxygen atoms in total. The van der Waals surface area contributed by atoms with Gasteiger partial charge in [-0.2, -0.15) is 0 Å². The molecule has 3 aliphatic heterocycles. The van der Waals surface area contributed by atoms with Gasteiger partial charge in [-0.3, -0.25) is 10.1 Å². The summed E-state index contributed by atoms with van der Waals surface area (Å²) in [6, 6.07) is -0.370. The smallest absolute Gasteiger partial charge is 0.333 e. The van der Waals surface area contributed by atoms with E-state index in [-0.39, 0.29) is 90.1 Å². The van der Waals surface area contributed by atoms with Gasteiger partial charge in [0.2, 0.25) is 0 Å². The van der Waals surface area contributed by atoms with Gasteiger partial charge in [-0.05, 0) is 124 Å². The van der Waals surface area contributed by atoms with Gasteiger partial charge in [0, 0.05) is 70.5 Å². The van der Waals surface area contributed by atoms with Crippen LogP contribution in [0.25, 0.3) is 0 Å². The Kier molecular flexibility index (Phi) is 20.2. The van der Waals surface area contributed by atoms with Crippen LogP contribution in [0.4, 0.5) is 0 Å². The topological polar surface area (TPSA) is 208 Å². The van der Waals surface area contributed by atoms with Crippen molar-refractivity contribution in [3.05, 3.63) is 23.3 Å². The molecule has 0 aromatic rings. The highest BCUT2D eigenvalue weighted by molar-refractivity contribution is 5.87. The second-order valence-corrected chi connectivity index (χ2v) is 23.3. The average molecular weight is 1050 g/mol. The van der Waals surface area contributed by atoms with Crippen LogP contribution < -0.4 is 5.32 Å². The number of esters is 1. The number of rotatable bonds is 21. The molecule has 3 heterocycles. The van der Waals surface area contributed by atoms with Crippen LogP contribution in [0.2, 0.25) is 0 Å². The van der Waals surface area contributed by atoms with E-state index in [0.717, 1.165) is 32.1 Å². The lowest BCUT2D eigenvalue weighted by atomic mass is 9.42. The summed E-state index contributed by atoms with van der Waals surface area (Å²) in [6.07, 6.45) is 3.73. The minimum Gasteiger partial charge on any atom is -0.462 e. The fourth-order valence-corrected chi connectivity index (χ4v) is 15.4. The van der Waals surface area contributed by atoms with Crippen LogP contribution in [0.3, 0.4) is 0 Å². The third kappa shape index (κ3) is 11.6. The molecular weight excluding hydrogens is 955 g/mol. The van der Waals surface area contributed by atoms with E-state index in [1.807, 2.05) is 41.5 Å². The van der Waals surface area contributed by atoms with Crippen LogP contribution in [0.5, 0.6) is 0 Å². The molecule has 0 aromatic heterocycles. The summed E-state index contributed by atoms with van der Waals surface area (Å²) in [7, 11) is 6.47. The van der Waals surface area contributed by atoms with Crippen molar-refractivity contribution in [2.45, 2.75) is 256 Å². The van der Waals surface area contributed by atoms with Crippen molar-refractivity contribution >= 4 is 11.8 Å². The first-order valence-corrected chi connectivity index (χ1v) is 28.1. The van der Waals surface area contributed by atoms with Crippen molar-refractivity contribution in [2.24, 2.45) is 34.5 Å². The normalized spacial score (nSPS) is 44.8. The van der Waals surface area contributed by atoms with E-state index in [2.05, 4.69) is 25.2 Å². The van der Waals surface area contributed by atoms with Crippen molar-refractivity contribution in [1.82, 2.24) is 5.32 Å². The summed E-state index contributed by atoms with van der Waals surface area (Å²) in [5.74, 6) is -0.504. The van der Waals surface area contributed by atoms with Crippen LogP contribution in [-0.4, -0.2) is 172 Å². The van der Waals surface area contributed by atoms with Gasteiger partial charge in [-0.25, -0.2) is 4.79 Å². The molecule has 0 spiro atoms. The molecule has 17 heteroatoms. The fourth-order valence-electron chi connectivity index (χ4n) is 15.4. The first kappa shape index (κ1) is 59.7. The summed E-state index contributed by atoms with van der Waals surface area (Å²) < 4.78 is 69.0. The Hall–Kier alpha value is -1.94. The monoisotopic (exact) mass is 1050 g/mol. The zero-order chi connectivity index (χ0) is 54.0. The number of Topliss-reactive ketones (excluding diaryl/α,β-unsaturated/α-hetero) is 1. The third-order valence-electron chi connectivity index (χ3n) is 19.6. The van der Waals surface area contributed by atoms with E-state index >= 15 is 0 Å². The van der Waals surface area contributed by atoms with E-state index in [4.69, 9.17) is 52.1 Å². The van der Waals surface area contributed by atoms with Gasteiger partial charge in [0.05, 0.1) is 73.2 Å². The molecule has 4 aliphatic carbocycles. The van der Waals surface area contributed by atoms with Gasteiger partial charge in [0.25, 0.3) is 0 Å². The number of fused-ring (bicyclic) bond motifs is 5. The van der Waals surface area contributed by atoms with Crippen molar-refractivity contribution in [3.8, 4) is 0 Å². The molecule has 0 amide bonds. The Bertz CT molecular complexity index is 1940. The second-order valence-electron chi connectivity index (χ2n) is 23.3. The number of methoxy groups -OCH3 is 4. The molecule has 424 valence electrons. The summed E-state index contributed by atoms with van der Waals surface area (Å²) >= 11 is 0. The summed E-state index contributed by atoms with van der Waals surface area (Å²) in [4.78, 5) is 26.4. The third-order valence-corrected chi connectivity index (χ3v) is 19.6. The predicted molar refractivity (Wildman–Crippen MR) is 275 cm³/mol. The average Bonchev–Trinajstić information content (AvgIpc) is 3.71. The summed E-state index contributed by atoms with van der Waals surface area (Å²) in [5.41, 5.74) is 0.00646. The van der Waals surface area contributed by atoms with E-state index in [0.29, 0.717) is 50.5 Å². The fraction of sp³-hybridized carbons (Fsp3) is 0.895. The zero-order valence-electron chi connectivity index (χ0n) is 47.1. The van der Waals surface area contributed by atoms with Crippen LogP contribution in [-0.2, 0) is 61.7 Å². The second kappa shape index (κ2) is 25.0. The van der Waals surface area contributed by atoms with Crippen LogP contribution in [0, 0.1) is 34.5 Å². The molecule has 74 heavy (non-hydrogen) atoms. The molecule has 0 bridgehead atoms. The number of hydrogen-bond acceptors (Lipinski definition) is 17. The lowest BCUT2D eigenvalue weighted by molar-refractivity contribution is -0.315. The molecule has 0 radical (unpaired) electrons. The molecule has 7 aliphatic rings. The number of nitrogens with one attached hydrogen (secondary N) is 1. The maximum atomic E-state index is 13.3. The minimum absolute atomic E-state index is 0.000579. The molecule has 6 fully saturated rings. The number of ether oxygens (including phenoxy) is 11. The lowest BCUT2D eigenvalue weighted by Crippen LogP contribution is -2.67. The molecule has 7 rings (SSSR count). The number of hydrogen-bond donors (Lipinski definition) is 4. The highest BCUT2D eigenvalue weighted by Gasteiger charge is 2.71. The number of carbonyl (C=O) groups is 2. The van der Waals surface area contributed by atoms with Crippen LogP contribution in [0.1, 0.15) is 146 Å². The number of carbonyl (C=O) groups excluding carboxylic acids is 2. The first-order chi connectivity index (χ1) is 35.2. The van der Waals surface area contributed by atoms with Crippen LogP contribution in [0.15, 0.2) is 23.3 Å². The van der Waals surface area contributed by atoms with Gasteiger partial charge in [-0.1, -0.05) is 38.5 Å². The molecule has 24 atom stereocenters. The van der Waals surface area contributed by atoms with Gasteiger partial charge in [0.15, 0.2) is 12.6 Å². The molecule has 3 saturated heterocycles. The Morgan fingerprint density at radius 1 is 0.878 bits per heavy atom. The zero-order valence-corrected chi connectivity index (χ0v) is 47.1. The van der Waals surface area contributed by atoms with E-state index in [9.17, 15) is 24.9 Å². The van der Waals surface area contributed by atoms with Gasteiger partial charge < -0.3 is 67.4 Å². The Labute approximate surface area is 441 Å². The quantitative estimate of drug-likeness (QED) is 0.0550. The number of aliphatic hydroxyl groups is 3. The highest BCUT2D eigenvalue weighted by Crippen LogP contribution is 2.71. The molecule has 0 aromatic carbocycles. The van der Waals surface area contributed by atoms with E-state index in [1.165, 1.54) is 5.57 Å². The Morgan fingerprint density at radius 3 is 2.19 bits per heavy atom. The van der Waals surface area contributed by atoms with Crippen molar-refractivity contribution in [3.63, 3.8) is 0 Å². The highest BCUT2D eigenvalue weighted by atomic mass is 16.7. The van der Waals surface area contributed by atoms with Gasteiger partial charge >= 0.3 is 5.97 Å². The van der Waals surface area contributed by atoms with Crippen molar-refractivity contribution in [1.29, 1.82) is 0 Å². The maximum Gasteiger partial charge on any atom is 0.333 e. The molecule has 17 unspecified atom stereocenters. The summed E-state index contributed by atoms with van der Waals surface area (Å²) in [5, 5.41) is 38.6. The van der Waals surface area contributed by atoms with Gasteiger partial charge in [0.1, 0.15) is 36.4 Å². The van der Waals surface area contributed by atoms with Crippen molar-refractivity contribution < 1.29 is 77.0 Å². The summed E-state index contributed by atoms with van der Waals surface area (Å²) in [6.45, 7) is 19.5. The largest absolute Gasteiger partial charge is 0.462 e. The van der Waals surface area contributed by atoms with Gasteiger partial charge in [-0.15, -0.1) is 0 Å². The minimum atomic E-state index is -1.08. The van der Waals surface area contributed by atoms with Crippen LogP contribution >= 0.6 is 0 Å². The Morgan fingerprint density at radius 2 is 1.55 bits per heavy atom. The number of ketones is 1. The predicted octanol–water partition coefficient (Wildman–Crippen LogP) is 6.49. The number of allylic oxidation sites excluding steroid dienone is 2. The molecule has 4 N–H and O–H groups in total. The maximum absolute atomic E-state index is 13.3. The SMILES string of the molecule is C/C=C(\C)C(=O)OC[C@@H]1CC2C(CC=C3C[C@@H](OC4CC(OC)C(OC5CC(OC)C(N[C@@H]6O[C@H](C)C(OC(C)CC(OC)C(O)CC)C(OC)C6O)C(C)O5)C(C)O4)CC[C@@]32C)[C@@]2(O)CC[C@H](C(C)=O)C12CC. The molecule has 3 saturated carbocycles. The number of aliphatic hydroxyl groups excluding tert-OH is 2. The van der Waals surface area contributed by atoms with Crippen molar-refractivity contribution in [2.75, 3.05) is 35.0 Å². The first-order valence-electron chi connectivity index (χ1n) is 28.1. The Balaban J connectivity index is 0.949. The lowest BCUT2D eigenvalue weighted by Gasteiger charge is -2.64. The standard InChI is InChI=1S/C57H95NO16/c1-15-30(4)54(62)68-29-37-26-41-40(57(63)23-21-39(32(6)59)56(37,57)17-3)19-18-36-25-38(20-22-55(36,41)10)73-46-28-45(66-13)50(34(8)71-46)74-47-27-44(65-12)48(33(7)70-47)58-53-49(61)52(67-14)51(35(9)72-53)69-31(5)24-43(64-11)42(60)16-2/h15,18,31,33-35,37-53,58,60-61,63H,16-17,19-29H2,1-14H3/b30-15+/t31?,33?,34?,35-,37+,38+,39-,40?,41?,42?,43?,44?,45?,46?,47?,48?,49?,50?,51?,52?,53-,55+,56?,57+/m1/s1. The van der Waals surface area contributed by atoms with E-state index in [1.54, 1.807) is 48.4 Å². The molecular formula is C57H95NO16.